The van der Waals surface area contributed by atoms with Crippen molar-refractivity contribution >= 4 is 56.6 Å². The Balaban J connectivity index is 1.44. The molecule has 3 aromatic rings. The number of rotatable bonds is 6. The van der Waals surface area contributed by atoms with Crippen molar-refractivity contribution < 1.29 is 9.59 Å². The zero-order valence-electron chi connectivity index (χ0n) is 15.5. The number of nitrogens with one attached hydrogen (secondary N) is 1. The van der Waals surface area contributed by atoms with Gasteiger partial charge in [0.1, 0.15) is 0 Å². The molecule has 7 nitrogen and oxygen atoms in total. The van der Waals surface area contributed by atoms with Crippen LogP contribution in [0.15, 0.2) is 40.9 Å². The number of carbonyl (C=O) groups excluding carboxylic acids is 2. The molecule has 1 N–H and O–H groups in total. The summed E-state index contributed by atoms with van der Waals surface area (Å²) >= 11 is 2.69. The second-order valence-corrected chi connectivity index (χ2v) is 9.14. The minimum Gasteiger partial charge on any atom is -0.324 e. The Morgan fingerprint density at radius 3 is 2.82 bits per heavy atom. The normalized spacial score (nSPS) is 14.6. The maximum Gasteiger partial charge on any atom is 0.237 e. The highest BCUT2D eigenvalue weighted by Crippen LogP contribution is 2.37. The summed E-state index contributed by atoms with van der Waals surface area (Å²) in [6.45, 7) is 3.37. The van der Waals surface area contributed by atoms with E-state index in [1.807, 2.05) is 37.3 Å². The molecule has 4 rings (SSSR count). The first-order chi connectivity index (χ1) is 13.5. The number of carbonyl (C=O) groups is 2. The van der Waals surface area contributed by atoms with E-state index in [4.69, 9.17) is 0 Å². The Hall–Kier alpha value is -2.52. The zero-order valence-corrected chi connectivity index (χ0v) is 17.1. The van der Waals surface area contributed by atoms with Crippen LogP contribution in [0.2, 0.25) is 0 Å². The number of amides is 2. The summed E-state index contributed by atoms with van der Waals surface area (Å²) < 4.78 is 0.670. The van der Waals surface area contributed by atoms with Crippen LogP contribution >= 0.6 is 23.1 Å². The summed E-state index contributed by atoms with van der Waals surface area (Å²) in [5.41, 5.74) is 1.57. The molecule has 1 fully saturated rings. The lowest BCUT2D eigenvalue weighted by Crippen LogP contribution is -2.30. The predicted molar refractivity (Wildman–Crippen MR) is 112 cm³/mol. The first-order valence-corrected chi connectivity index (χ1v) is 10.7. The van der Waals surface area contributed by atoms with Gasteiger partial charge in [0.15, 0.2) is 4.34 Å². The largest absolute Gasteiger partial charge is 0.324 e. The van der Waals surface area contributed by atoms with E-state index in [9.17, 15) is 9.59 Å². The molecule has 2 aromatic heterocycles. The van der Waals surface area contributed by atoms with E-state index in [1.54, 1.807) is 18.0 Å². The quantitative estimate of drug-likeness (QED) is 0.489. The topological polar surface area (TPSA) is 88.1 Å². The molecule has 2 heterocycles. The van der Waals surface area contributed by atoms with Crippen LogP contribution in [0.4, 0.5) is 10.8 Å². The summed E-state index contributed by atoms with van der Waals surface area (Å²) in [4.78, 5) is 30.5. The lowest BCUT2D eigenvalue weighted by molar-refractivity contribution is -0.117. The first kappa shape index (κ1) is 18.8. The van der Waals surface area contributed by atoms with Crippen LogP contribution in [0.25, 0.3) is 10.9 Å². The highest BCUT2D eigenvalue weighted by atomic mass is 32.2. The van der Waals surface area contributed by atoms with Crippen LogP contribution in [0.1, 0.15) is 26.7 Å². The van der Waals surface area contributed by atoms with Gasteiger partial charge in [-0.3, -0.25) is 19.5 Å². The number of aromatic nitrogens is 3. The van der Waals surface area contributed by atoms with E-state index < -0.39 is 0 Å². The van der Waals surface area contributed by atoms with E-state index >= 15 is 0 Å². The molecule has 0 radical (unpaired) electrons. The summed E-state index contributed by atoms with van der Waals surface area (Å²) in [5.74, 6) is -0.144. The van der Waals surface area contributed by atoms with Gasteiger partial charge in [-0.25, -0.2) is 0 Å². The molecule has 0 aliphatic heterocycles. The number of hydrogen-bond donors (Lipinski definition) is 1. The van der Waals surface area contributed by atoms with Gasteiger partial charge in [-0.2, -0.15) is 0 Å². The molecule has 1 aromatic carbocycles. The molecule has 2 amide bonds. The van der Waals surface area contributed by atoms with Crippen molar-refractivity contribution in [1.29, 1.82) is 0 Å². The minimum absolute atomic E-state index is 0.0226. The molecule has 1 aliphatic rings. The van der Waals surface area contributed by atoms with Crippen LogP contribution in [0, 0.1) is 0 Å². The van der Waals surface area contributed by atoms with Crippen molar-refractivity contribution in [2.24, 2.45) is 0 Å². The van der Waals surface area contributed by atoms with Gasteiger partial charge in [0, 0.05) is 24.5 Å². The van der Waals surface area contributed by atoms with Crippen molar-refractivity contribution in [3.05, 3.63) is 36.5 Å². The minimum atomic E-state index is -0.362. The highest BCUT2D eigenvalue weighted by molar-refractivity contribution is 8.02. The standard InChI is InChI=1S/C19H19N5O2S2/c1-11(17(26)21-16-7-3-6-15-14(16)5-4-10-20-15)27-19-23-22-18(28-19)24(12(2)25)13-8-9-13/h3-7,10-11,13H,8-9H2,1-2H3,(H,21,26). The van der Waals surface area contributed by atoms with Crippen molar-refractivity contribution in [3.8, 4) is 0 Å². The average molecular weight is 414 g/mol. The van der Waals surface area contributed by atoms with E-state index in [0.717, 1.165) is 29.4 Å². The molecular weight excluding hydrogens is 394 g/mol. The molecule has 0 saturated heterocycles. The Labute approximate surface area is 170 Å². The third-order valence-corrected chi connectivity index (χ3v) is 6.51. The summed E-state index contributed by atoms with van der Waals surface area (Å²) in [7, 11) is 0. The third kappa shape index (κ3) is 4.00. The second kappa shape index (κ2) is 7.84. The fourth-order valence-corrected chi connectivity index (χ4v) is 4.98. The summed E-state index contributed by atoms with van der Waals surface area (Å²) in [6, 6.07) is 9.66. The monoisotopic (exact) mass is 413 g/mol. The van der Waals surface area contributed by atoms with Crippen LogP contribution < -0.4 is 10.2 Å². The van der Waals surface area contributed by atoms with E-state index in [0.29, 0.717) is 9.47 Å². The highest BCUT2D eigenvalue weighted by Gasteiger charge is 2.34. The van der Waals surface area contributed by atoms with Crippen LogP contribution in [-0.2, 0) is 9.59 Å². The van der Waals surface area contributed by atoms with Crippen molar-refractivity contribution in [2.75, 3.05) is 10.2 Å². The van der Waals surface area contributed by atoms with Crippen LogP contribution in [-0.4, -0.2) is 38.3 Å². The fourth-order valence-electron chi connectivity index (χ4n) is 2.88. The van der Waals surface area contributed by atoms with Crippen LogP contribution in [0.5, 0.6) is 0 Å². The van der Waals surface area contributed by atoms with Gasteiger partial charge >= 0.3 is 0 Å². The van der Waals surface area contributed by atoms with E-state index in [1.165, 1.54) is 23.1 Å². The number of thioether (sulfide) groups is 1. The zero-order chi connectivity index (χ0) is 19.7. The van der Waals surface area contributed by atoms with Gasteiger partial charge in [0.2, 0.25) is 16.9 Å². The number of hydrogen-bond acceptors (Lipinski definition) is 7. The molecule has 0 bridgehead atoms. The van der Waals surface area contributed by atoms with Gasteiger partial charge in [0.25, 0.3) is 0 Å². The predicted octanol–water partition coefficient (Wildman–Crippen LogP) is 3.72. The molecule has 1 atom stereocenters. The summed E-state index contributed by atoms with van der Waals surface area (Å²) in [5, 5.41) is 12.4. The maximum absolute atomic E-state index is 12.7. The second-order valence-electron chi connectivity index (χ2n) is 6.60. The molecule has 0 spiro atoms. The lowest BCUT2D eigenvalue weighted by Gasteiger charge is -2.15. The number of anilines is 2. The van der Waals surface area contributed by atoms with Crippen molar-refractivity contribution in [3.63, 3.8) is 0 Å². The van der Waals surface area contributed by atoms with Gasteiger partial charge < -0.3 is 5.32 Å². The van der Waals surface area contributed by atoms with Crippen LogP contribution in [0.3, 0.4) is 0 Å². The number of benzene rings is 1. The lowest BCUT2D eigenvalue weighted by atomic mass is 10.2. The van der Waals surface area contributed by atoms with Crippen molar-refractivity contribution in [1.82, 2.24) is 15.2 Å². The van der Waals surface area contributed by atoms with Gasteiger partial charge in [-0.05, 0) is 44.0 Å². The molecule has 9 heteroatoms. The Morgan fingerprint density at radius 1 is 1.25 bits per heavy atom. The Kier molecular flexibility index (Phi) is 5.27. The molecule has 144 valence electrons. The van der Waals surface area contributed by atoms with Gasteiger partial charge in [-0.1, -0.05) is 29.2 Å². The SMILES string of the molecule is CC(=O)N(c1nnc(SC(C)C(=O)Nc2cccc3ncccc23)s1)C1CC1. The Morgan fingerprint density at radius 2 is 2.07 bits per heavy atom. The molecule has 1 unspecified atom stereocenters. The number of pyridine rings is 1. The number of nitrogens with zero attached hydrogens (tertiary/aromatic N) is 4. The smallest absolute Gasteiger partial charge is 0.237 e. The Bertz CT molecular complexity index is 1030. The van der Waals surface area contributed by atoms with E-state index in [2.05, 4.69) is 20.5 Å². The maximum atomic E-state index is 12.7. The molecular formula is C19H19N5O2S2. The number of fused-ring (bicyclic) bond motifs is 1. The molecule has 1 saturated carbocycles. The first-order valence-electron chi connectivity index (χ1n) is 8.97. The fraction of sp³-hybridized carbons (Fsp3) is 0.316. The van der Waals surface area contributed by atoms with Gasteiger partial charge in [-0.15, -0.1) is 10.2 Å². The summed E-state index contributed by atoms with van der Waals surface area (Å²) in [6.07, 6.45) is 3.73. The molecule has 1 aliphatic carbocycles. The molecule has 28 heavy (non-hydrogen) atoms. The van der Waals surface area contributed by atoms with Crippen molar-refractivity contribution in [2.45, 2.75) is 42.3 Å². The van der Waals surface area contributed by atoms with Gasteiger partial charge in [0.05, 0.1) is 16.5 Å². The average Bonchev–Trinajstić information content (AvgIpc) is 3.40. The third-order valence-electron chi connectivity index (χ3n) is 4.40. The van der Waals surface area contributed by atoms with E-state index in [-0.39, 0.29) is 23.1 Å².